The maximum absolute atomic E-state index is 4.47. The maximum atomic E-state index is 4.47. The normalized spacial score (nSPS) is 10.6. The third kappa shape index (κ3) is 3.59. The zero-order chi connectivity index (χ0) is 15.2. The summed E-state index contributed by atoms with van der Waals surface area (Å²) in [5.41, 5.74) is 4.90. The molecule has 2 nitrogen and oxygen atoms in total. The smallest absolute Gasteiger partial charge is 0.159 e. The van der Waals surface area contributed by atoms with Gasteiger partial charge in [0.1, 0.15) is 0 Å². The molecule has 3 rings (SSSR count). The van der Waals surface area contributed by atoms with E-state index >= 15 is 0 Å². The molecule has 2 aromatic carbocycles. The zero-order valence-corrected chi connectivity index (χ0v) is 12.9. The molecule has 0 radical (unpaired) electrons. The first-order valence-electron chi connectivity index (χ1n) is 7.79. The van der Waals surface area contributed by atoms with Crippen LogP contribution >= 0.6 is 0 Å². The van der Waals surface area contributed by atoms with Crippen LogP contribution in [0.15, 0.2) is 67.0 Å². The number of rotatable bonds is 5. The molecule has 0 aliphatic heterocycles. The monoisotopic (exact) mass is 288 g/mol. The van der Waals surface area contributed by atoms with E-state index in [9.17, 15) is 0 Å². The Bertz CT molecular complexity index is 701. The van der Waals surface area contributed by atoms with E-state index < -0.39 is 0 Å². The average molecular weight is 288 g/mol. The molecule has 22 heavy (non-hydrogen) atoms. The Labute approximate surface area is 131 Å². The average Bonchev–Trinajstić information content (AvgIpc) is 2.58. The summed E-state index contributed by atoms with van der Waals surface area (Å²) in [5.74, 6) is 0.797. The highest BCUT2D eigenvalue weighted by Gasteiger charge is 2.02. The van der Waals surface area contributed by atoms with Gasteiger partial charge in [0.15, 0.2) is 5.82 Å². The van der Waals surface area contributed by atoms with E-state index in [2.05, 4.69) is 65.4 Å². The molecule has 0 spiro atoms. The van der Waals surface area contributed by atoms with Crippen LogP contribution in [0.2, 0.25) is 0 Å². The Kier molecular flexibility index (Phi) is 4.59. The summed E-state index contributed by atoms with van der Waals surface area (Å²) in [6.07, 6.45) is 6.98. The third-order valence-corrected chi connectivity index (χ3v) is 3.71. The van der Waals surface area contributed by atoms with Gasteiger partial charge in [-0.3, -0.25) is 0 Å². The minimum absolute atomic E-state index is 0.797. The lowest BCUT2D eigenvalue weighted by Crippen LogP contribution is -1.93. The van der Waals surface area contributed by atoms with Crippen molar-refractivity contribution in [3.63, 3.8) is 0 Å². The first kappa shape index (κ1) is 14.5. The molecule has 2 heteroatoms. The molecule has 0 unspecified atom stereocenters. The number of aromatic nitrogens is 2. The number of aryl methyl sites for hydroxylation is 1. The van der Waals surface area contributed by atoms with Gasteiger partial charge in [-0.15, -0.1) is 0 Å². The summed E-state index contributed by atoms with van der Waals surface area (Å²) < 4.78 is 0. The summed E-state index contributed by atoms with van der Waals surface area (Å²) in [6, 6.07) is 19.0. The Balaban J connectivity index is 1.73. The molecule has 0 saturated heterocycles. The van der Waals surface area contributed by atoms with Crippen molar-refractivity contribution in [1.29, 1.82) is 0 Å². The van der Waals surface area contributed by atoms with Gasteiger partial charge in [-0.05, 0) is 29.5 Å². The number of hydrogen-bond acceptors (Lipinski definition) is 2. The minimum atomic E-state index is 0.797. The van der Waals surface area contributed by atoms with Crippen LogP contribution in [-0.2, 0) is 12.8 Å². The van der Waals surface area contributed by atoms with Crippen LogP contribution in [-0.4, -0.2) is 9.97 Å². The Morgan fingerprint density at radius 2 is 1.36 bits per heavy atom. The summed E-state index contributed by atoms with van der Waals surface area (Å²) >= 11 is 0. The quantitative estimate of drug-likeness (QED) is 0.681. The van der Waals surface area contributed by atoms with E-state index in [0.29, 0.717) is 0 Å². The SMILES string of the molecule is CCCc1cnc(-c2ccc(Cc3ccccc3)cc2)nc1. The number of nitrogens with zero attached hydrogens (tertiary/aromatic N) is 2. The van der Waals surface area contributed by atoms with Gasteiger partial charge in [0.2, 0.25) is 0 Å². The van der Waals surface area contributed by atoms with Crippen LogP contribution in [0, 0.1) is 0 Å². The largest absolute Gasteiger partial charge is 0.236 e. The van der Waals surface area contributed by atoms with Gasteiger partial charge in [0, 0.05) is 18.0 Å². The molecular weight excluding hydrogens is 268 g/mol. The highest BCUT2D eigenvalue weighted by atomic mass is 14.9. The van der Waals surface area contributed by atoms with Crippen LogP contribution in [0.4, 0.5) is 0 Å². The van der Waals surface area contributed by atoms with Crippen LogP contribution in [0.25, 0.3) is 11.4 Å². The molecule has 0 aliphatic carbocycles. The van der Waals surface area contributed by atoms with E-state index in [-0.39, 0.29) is 0 Å². The second-order valence-corrected chi connectivity index (χ2v) is 5.52. The lowest BCUT2D eigenvalue weighted by Gasteiger charge is -2.05. The summed E-state index contributed by atoms with van der Waals surface area (Å²) in [7, 11) is 0. The van der Waals surface area contributed by atoms with Crippen molar-refractivity contribution in [2.75, 3.05) is 0 Å². The van der Waals surface area contributed by atoms with Crippen molar-refractivity contribution in [1.82, 2.24) is 9.97 Å². The van der Waals surface area contributed by atoms with E-state index in [1.807, 2.05) is 18.5 Å². The van der Waals surface area contributed by atoms with Gasteiger partial charge < -0.3 is 0 Å². The fourth-order valence-corrected chi connectivity index (χ4v) is 2.52. The molecule has 0 N–H and O–H groups in total. The lowest BCUT2D eigenvalue weighted by molar-refractivity contribution is 0.902. The van der Waals surface area contributed by atoms with Crippen molar-refractivity contribution in [3.05, 3.63) is 83.7 Å². The van der Waals surface area contributed by atoms with Gasteiger partial charge in [0.25, 0.3) is 0 Å². The van der Waals surface area contributed by atoms with Crippen LogP contribution in [0.1, 0.15) is 30.0 Å². The Hall–Kier alpha value is -2.48. The van der Waals surface area contributed by atoms with Gasteiger partial charge in [-0.1, -0.05) is 67.9 Å². The molecule has 0 bridgehead atoms. The van der Waals surface area contributed by atoms with Gasteiger partial charge >= 0.3 is 0 Å². The van der Waals surface area contributed by atoms with Crippen molar-refractivity contribution in [3.8, 4) is 11.4 Å². The van der Waals surface area contributed by atoms with Gasteiger partial charge in [-0.25, -0.2) is 9.97 Å². The molecule has 1 heterocycles. The fraction of sp³-hybridized carbons (Fsp3) is 0.200. The first-order valence-corrected chi connectivity index (χ1v) is 7.79. The third-order valence-electron chi connectivity index (χ3n) is 3.71. The molecule has 0 saturated carbocycles. The topological polar surface area (TPSA) is 25.8 Å². The molecule has 110 valence electrons. The van der Waals surface area contributed by atoms with Crippen molar-refractivity contribution in [2.24, 2.45) is 0 Å². The lowest BCUT2D eigenvalue weighted by atomic mass is 10.0. The molecule has 0 fully saturated rings. The summed E-state index contributed by atoms with van der Waals surface area (Å²) in [6.45, 7) is 2.17. The maximum Gasteiger partial charge on any atom is 0.159 e. The zero-order valence-electron chi connectivity index (χ0n) is 12.9. The van der Waals surface area contributed by atoms with E-state index in [1.54, 1.807) is 0 Å². The highest BCUT2D eigenvalue weighted by Crippen LogP contribution is 2.17. The van der Waals surface area contributed by atoms with Gasteiger partial charge in [-0.2, -0.15) is 0 Å². The predicted octanol–water partition coefficient (Wildman–Crippen LogP) is 4.69. The second-order valence-electron chi connectivity index (χ2n) is 5.52. The molecule has 0 atom stereocenters. The molecule has 0 aliphatic rings. The fourth-order valence-electron chi connectivity index (χ4n) is 2.52. The predicted molar refractivity (Wildman–Crippen MR) is 90.7 cm³/mol. The van der Waals surface area contributed by atoms with E-state index in [4.69, 9.17) is 0 Å². The van der Waals surface area contributed by atoms with Crippen LogP contribution < -0.4 is 0 Å². The number of hydrogen-bond donors (Lipinski definition) is 0. The Morgan fingerprint density at radius 1 is 0.727 bits per heavy atom. The molecule has 0 amide bonds. The van der Waals surface area contributed by atoms with E-state index in [1.165, 1.54) is 16.7 Å². The molecule has 3 aromatic rings. The highest BCUT2D eigenvalue weighted by molar-refractivity contribution is 5.55. The van der Waals surface area contributed by atoms with Crippen molar-refractivity contribution >= 4 is 0 Å². The summed E-state index contributed by atoms with van der Waals surface area (Å²) in [4.78, 5) is 8.94. The van der Waals surface area contributed by atoms with E-state index in [0.717, 1.165) is 30.7 Å². The van der Waals surface area contributed by atoms with Crippen molar-refractivity contribution < 1.29 is 0 Å². The first-order chi connectivity index (χ1) is 10.8. The minimum Gasteiger partial charge on any atom is -0.236 e. The van der Waals surface area contributed by atoms with Crippen LogP contribution in [0.3, 0.4) is 0 Å². The Morgan fingerprint density at radius 3 is 2.00 bits per heavy atom. The number of benzene rings is 2. The summed E-state index contributed by atoms with van der Waals surface area (Å²) in [5, 5.41) is 0. The second kappa shape index (κ2) is 6.99. The van der Waals surface area contributed by atoms with Crippen LogP contribution in [0.5, 0.6) is 0 Å². The molecular formula is C20H20N2. The molecule has 1 aromatic heterocycles. The van der Waals surface area contributed by atoms with Crippen molar-refractivity contribution in [2.45, 2.75) is 26.2 Å². The van der Waals surface area contributed by atoms with Gasteiger partial charge in [0.05, 0.1) is 0 Å². The standard InChI is InChI=1S/C20H20N2/c1-2-6-18-14-21-20(22-15-18)19-11-9-17(10-12-19)13-16-7-4-3-5-8-16/h3-5,7-12,14-15H,2,6,13H2,1H3.